The van der Waals surface area contributed by atoms with Crippen LogP contribution in [-0.4, -0.2) is 30.3 Å². The summed E-state index contributed by atoms with van der Waals surface area (Å²) in [7, 11) is 1.56. The molecule has 0 atom stereocenters. The summed E-state index contributed by atoms with van der Waals surface area (Å²) in [6.07, 6.45) is 0.0979. The molecule has 2 amide bonds. The predicted molar refractivity (Wildman–Crippen MR) is 97.9 cm³/mol. The fourth-order valence-corrected chi connectivity index (χ4v) is 2.60. The largest absolute Gasteiger partial charge is 0.336 e. The van der Waals surface area contributed by atoms with E-state index in [-0.39, 0.29) is 24.8 Å². The van der Waals surface area contributed by atoms with Crippen LogP contribution in [-0.2, 0) is 16.0 Å². The van der Waals surface area contributed by atoms with Crippen LogP contribution in [0.15, 0.2) is 42.5 Å². The molecule has 0 spiro atoms. The van der Waals surface area contributed by atoms with Gasteiger partial charge < -0.3 is 10.2 Å². The highest BCUT2D eigenvalue weighted by Gasteiger charge is 2.15. The Balaban J connectivity index is 1.90. The molecule has 0 bridgehead atoms. The van der Waals surface area contributed by atoms with Crippen molar-refractivity contribution in [2.24, 2.45) is 0 Å². The molecule has 0 fully saturated rings. The number of amides is 2. The van der Waals surface area contributed by atoms with Crippen LogP contribution in [0.2, 0.25) is 15.1 Å². The smallest absolute Gasteiger partial charge is 0.243 e. The van der Waals surface area contributed by atoms with Crippen LogP contribution in [0.25, 0.3) is 0 Å². The zero-order chi connectivity index (χ0) is 17.7. The van der Waals surface area contributed by atoms with E-state index in [0.29, 0.717) is 26.3 Å². The van der Waals surface area contributed by atoms with Crippen molar-refractivity contribution in [2.75, 3.05) is 18.9 Å². The fraction of sp³-hybridized carbons (Fsp3) is 0.176. The molecule has 0 heterocycles. The van der Waals surface area contributed by atoms with Crippen molar-refractivity contribution in [3.63, 3.8) is 0 Å². The van der Waals surface area contributed by atoms with Gasteiger partial charge in [-0.25, -0.2) is 0 Å². The predicted octanol–water partition coefficient (Wildman–Crippen LogP) is 4.29. The van der Waals surface area contributed by atoms with Gasteiger partial charge in [0.25, 0.3) is 0 Å². The van der Waals surface area contributed by atoms with E-state index < -0.39 is 0 Å². The molecule has 0 aliphatic rings. The molecule has 7 heteroatoms. The second kappa shape index (κ2) is 8.38. The molecule has 24 heavy (non-hydrogen) atoms. The Kier molecular flexibility index (Phi) is 6.49. The van der Waals surface area contributed by atoms with Crippen LogP contribution in [0.1, 0.15) is 5.56 Å². The number of likely N-dealkylation sites (N-methyl/N-ethyl adjacent to an activating group) is 1. The summed E-state index contributed by atoms with van der Waals surface area (Å²) in [6, 6.07) is 11.7. The number of nitrogens with one attached hydrogen (secondary N) is 1. The van der Waals surface area contributed by atoms with Gasteiger partial charge in [-0.1, -0.05) is 40.9 Å². The van der Waals surface area contributed by atoms with Gasteiger partial charge in [-0.05, 0) is 42.0 Å². The number of nitrogens with zero attached hydrogens (tertiary/aromatic N) is 1. The van der Waals surface area contributed by atoms with Crippen molar-refractivity contribution in [1.82, 2.24) is 4.90 Å². The van der Waals surface area contributed by atoms with Crippen molar-refractivity contribution in [2.45, 2.75) is 6.42 Å². The lowest BCUT2D eigenvalue weighted by Gasteiger charge is -2.17. The highest BCUT2D eigenvalue weighted by atomic mass is 35.5. The van der Waals surface area contributed by atoms with Crippen LogP contribution in [0.3, 0.4) is 0 Å². The quantitative estimate of drug-likeness (QED) is 0.835. The van der Waals surface area contributed by atoms with Gasteiger partial charge in [-0.15, -0.1) is 0 Å². The van der Waals surface area contributed by atoms with Crippen LogP contribution >= 0.6 is 34.8 Å². The molecule has 2 aromatic carbocycles. The SMILES string of the molecule is CN(CC(=O)Nc1ccc(Cl)cc1)C(=O)Cc1ccc(Cl)cc1Cl. The molecule has 126 valence electrons. The van der Waals surface area contributed by atoms with Gasteiger partial charge >= 0.3 is 0 Å². The number of hydrogen-bond donors (Lipinski definition) is 1. The number of halogens is 3. The van der Waals surface area contributed by atoms with Gasteiger partial charge in [0.05, 0.1) is 13.0 Å². The van der Waals surface area contributed by atoms with Gasteiger partial charge in [0, 0.05) is 27.8 Å². The molecular formula is C17H15Cl3N2O2. The maximum Gasteiger partial charge on any atom is 0.243 e. The lowest BCUT2D eigenvalue weighted by molar-refractivity contribution is -0.132. The molecule has 0 saturated carbocycles. The molecule has 0 saturated heterocycles. The van der Waals surface area contributed by atoms with E-state index in [2.05, 4.69) is 5.32 Å². The van der Waals surface area contributed by atoms with E-state index in [1.54, 1.807) is 49.5 Å². The van der Waals surface area contributed by atoms with Crippen molar-refractivity contribution in [1.29, 1.82) is 0 Å². The van der Waals surface area contributed by atoms with Crippen LogP contribution < -0.4 is 5.32 Å². The Morgan fingerprint density at radius 1 is 1.00 bits per heavy atom. The molecule has 0 unspecified atom stereocenters. The van der Waals surface area contributed by atoms with Crippen molar-refractivity contribution < 1.29 is 9.59 Å². The van der Waals surface area contributed by atoms with Crippen molar-refractivity contribution in [3.8, 4) is 0 Å². The Morgan fingerprint density at radius 2 is 1.62 bits per heavy atom. The standard InChI is InChI=1S/C17H15Cl3N2O2/c1-22(10-16(23)21-14-6-4-12(18)5-7-14)17(24)8-11-2-3-13(19)9-15(11)20/h2-7,9H,8,10H2,1H3,(H,21,23). The maximum atomic E-state index is 12.2. The van der Waals surface area contributed by atoms with Gasteiger partial charge in [-0.3, -0.25) is 9.59 Å². The van der Waals surface area contributed by atoms with Crippen LogP contribution in [0.5, 0.6) is 0 Å². The minimum Gasteiger partial charge on any atom is -0.336 e. The minimum atomic E-state index is -0.296. The topological polar surface area (TPSA) is 49.4 Å². The lowest BCUT2D eigenvalue weighted by atomic mass is 10.1. The Labute approximate surface area is 155 Å². The maximum absolute atomic E-state index is 12.2. The molecule has 4 nitrogen and oxygen atoms in total. The summed E-state index contributed by atoms with van der Waals surface area (Å²) in [5, 5.41) is 4.22. The summed E-state index contributed by atoms with van der Waals surface area (Å²) < 4.78 is 0. The van der Waals surface area contributed by atoms with E-state index >= 15 is 0 Å². The first-order valence-corrected chi connectivity index (χ1v) is 8.22. The molecule has 2 aromatic rings. The van der Waals surface area contributed by atoms with E-state index in [0.717, 1.165) is 0 Å². The van der Waals surface area contributed by atoms with Crippen molar-refractivity contribution in [3.05, 3.63) is 63.1 Å². The van der Waals surface area contributed by atoms with E-state index in [1.807, 2.05) is 0 Å². The molecule has 0 aromatic heterocycles. The fourth-order valence-electron chi connectivity index (χ4n) is 2.00. The number of carbonyl (C=O) groups is 2. The molecular weight excluding hydrogens is 371 g/mol. The van der Waals surface area contributed by atoms with Crippen LogP contribution in [0.4, 0.5) is 5.69 Å². The molecule has 0 aliphatic carbocycles. The minimum absolute atomic E-state index is 0.0628. The highest BCUT2D eigenvalue weighted by molar-refractivity contribution is 6.35. The summed E-state index contributed by atoms with van der Waals surface area (Å²) in [6.45, 7) is -0.0628. The van der Waals surface area contributed by atoms with Gasteiger partial charge in [-0.2, -0.15) is 0 Å². The first-order chi connectivity index (χ1) is 11.3. The van der Waals surface area contributed by atoms with Crippen molar-refractivity contribution >= 4 is 52.3 Å². The number of carbonyl (C=O) groups excluding carboxylic acids is 2. The summed E-state index contributed by atoms with van der Waals surface area (Å²) in [4.78, 5) is 25.6. The zero-order valence-corrected chi connectivity index (χ0v) is 15.1. The third kappa shape index (κ3) is 5.41. The number of benzene rings is 2. The average Bonchev–Trinajstić information content (AvgIpc) is 2.52. The van der Waals surface area contributed by atoms with E-state index in [4.69, 9.17) is 34.8 Å². The molecule has 0 radical (unpaired) electrons. The van der Waals surface area contributed by atoms with Crippen LogP contribution in [0, 0.1) is 0 Å². The third-order valence-electron chi connectivity index (χ3n) is 3.29. The Hall–Kier alpha value is -1.75. The Bertz CT molecular complexity index is 748. The van der Waals surface area contributed by atoms with E-state index in [9.17, 15) is 9.59 Å². The molecule has 0 aliphatic heterocycles. The van der Waals surface area contributed by atoms with Gasteiger partial charge in [0.15, 0.2) is 0 Å². The summed E-state index contributed by atoms with van der Waals surface area (Å²) in [5.74, 6) is -0.513. The molecule has 2 rings (SSSR count). The second-order valence-electron chi connectivity index (χ2n) is 5.22. The number of hydrogen-bond acceptors (Lipinski definition) is 2. The Morgan fingerprint density at radius 3 is 2.25 bits per heavy atom. The van der Waals surface area contributed by atoms with Gasteiger partial charge in [0.1, 0.15) is 0 Å². The first kappa shape index (κ1) is 18.6. The lowest BCUT2D eigenvalue weighted by Crippen LogP contribution is -2.35. The number of anilines is 1. The summed E-state index contributed by atoms with van der Waals surface area (Å²) >= 11 is 17.7. The zero-order valence-electron chi connectivity index (χ0n) is 12.9. The number of rotatable bonds is 5. The normalized spacial score (nSPS) is 10.3. The third-order valence-corrected chi connectivity index (χ3v) is 4.13. The monoisotopic (exact) mass is 384 g/mol. The van der Waals surface area contributed by atoms with E-state index in [1.165, 1.54) is 4.90 Å². The second-order valence-corrected chi connectivity index (χ2v) is 6.50. The highest BCUT2D eigenvalue weighted by Crippen LogP contribution is 2.21. The van der Waals surface area contributed by atoms with Gasteiger partial charge in [0.2, 0.25) is 11.8 Å². The molecule has 1 N–H and O–H groups in total. The first-order valence-electron chi connectivity index (χ1n) is 7.08. The summed E-state index contributed by atoms with van der Waals surface area (Å²) in [5.41, 5.74) is 1.28. The average molecular weight is 386 g/mol.